The number of hydrogen-bond acceptors (Lipinski definition) is 4. The van der Waals surface area contributed by atoms with Gasteiger partial charge in [0.05, 0.1) is 0 Å². The normalized spacial score (nSPS) is 11.3. The Labute approximate surface area is 199 Å². The summed E-state index contributed by atoms with van der Waals surface area (Å²) in [6.45, 7) is 5.45. The molecular formula is C26H43N3S2. The maximum atomic E-state index is 4.80. The van der Waals surface area contributed by atoms with Gasteiger partial charge in [-0.2, -0.15) is 0 Å². The summed E-state index contributed by atoms with van der Waals surface area (Å²) < 4.78 is 2.12. The van der Waals surface area contributed by atoms with E-state index in [1.54, 1.807) is 10.8 Å². The molecule has 0 saturated carbocycles. The minimum Gasteiger partial charge on any atom is -0.239 e. The highest BCUT2D eigenvalue weighted by atomic mass is 33.1. The van der Waals surface area contributed by atoms with Gasteiger partial charge in [-0.25, -0.2) is 9.67 Å². The van der Waals surface area contributed by atoms with Gasteiger partial charge in [-0.05, 0) is 17.2 Å². The third kappa shape index (κ3) is 11.5. The lowest BCUT2D eigenvalue weighted by atomic mass is 10.0. The van der Waals surface area contributed by atoms with Gasteiger partial charge < -0.3 is 0 Å². The fourth-order valence-electron chi connectivity index (χ4n) is 3.81. The third-order valence-electron chi connectivity index (χ3n) is 5.64. The van der Waals surface area contributed by atoms with Gasteiger partial charge in [-0.1, -0.05) is 138 Å². The molecule has 0 fully saturated rings. The lowest BCUT2D eigenvalue weighted by Gasteiger charge is -2.05. The molecule has 1 aromatic carbocycles. The fourth-order valence-corrected chi connectivity index (χ4v) is 5.42. The van der Waals surface area contributed by atoms with Crippen LogP contribution in [0.2, 0.25) is 0 Å². The molecule has 5 heteroatoms. The number of nitrogens with zero attached hydrogens (tertiary/aromatic N) is 3. The van der Waals surface area contributed by atoms with Crippen molar-refractivity contribution in [1.82, 2.24) is 14.8 Å². The molecule has 3 nitrogen and oxygen atoms in total. The van der Waals surface area contributed by atoms with Crippen molar-refractivity contribution in [2.75, 3.05) is 5.75 Å². The lowest BCUT2D eigenvalue weighted by Crippen LogP contribution is -2.02. The molecule has 1 heterocycles. The number of unbranched alkanes of at least 4 members (excludes halogenated alkanes) is 13. The van der Waals surface area contributed by atoms with Crippen molar-refractivity contribution in [3.63, 3.8) is 0 Å². The second kappa shape index (κ2) is 17.6. The number of benzene rings is 1. The Bertz CT molecular complexity index is 673. The maximum absolute atomic E-state index is 4.80. The van der Waals surface area contributed by atoms with Crippen molar-refractivity contribution in [3.05, 3.63) is 30.3 Å². The molecule has 0 radical (unpaired) electrons. The third-order valence-corrected chi connectivity index (χ3v) is 7.96. The molecule has 0 aliphatic heterocycles. The molecule has 0 bridgehead atoms. The first-order valence-corrected chi connectivity index (χ1v) is 15.0. The van der Waals surface area contributed by atoms with Crippen LogP contribution in [0.25, 0.3) is 11.4 Å². The first-order valence-electron chi connectivity index (χ1n) is 12.6. The van der Waals surface area contributed by atoms with Gasteiger partial charge in [-0.15, -0.1) is 5.10 Å². The molecule has 1 aromatic heterocycles. The molecule has 0 unspecified atom stereocenters. The fraction of sp³-hybridized carbons (Fsp3) is 0.692. The largest absolute Gasteiger partial charge is 0.239 e. The number of hydrogen-bond donors (Lipinski definition) is 0. The first kappa shape index (κ1) is 26.3. The van der Waals surface area contributed by atoms with E-state index in [4.69, 9.17) is 10.1 Å². The predicted octanol–water partition coefficient (Wildman–Crippen LogP) is 9.19. The lowest BCUT2D eigenvalue weighted by molar-refractivity contribution is 0.491. The van der Waals surface area contributed by atoms with Crippen molar-refractivity contribution < 1.29 is 0 Å². The van der Waals surface area contributed by atoms with Crippen molar-refractivity contribution in [2.45, 2.75) is 115 Å². The van der Waals surface area contributed by atoms with E-state index in [1.165, 1.54) is 89.9 Å². The van der Waals surface area contributed by atoms with Crippen LogP contribution in [0.15, 0.2) is 35.5 Å². The van der Waals surface area contributed by atoms with Crippen LogP contribution in [-0.2, 0) is 6.54 Å². The summed E-state index contributed by atoms with van der Waals surface area (Å²) in [6, 6.07) is 10.3. The highest BCUT2D eigenvalue weighted by Crippen LogP contribution is 2.31. The Hall–Kier alpha value is -0.940. The van der Waals surface area contributed by atoms with Crippen molar-refractivity contribution >= 4 is 21.6 Å². The summed E-state index contributed by atoms with van der Waals surface area (Å²) in [5, 5.41) is 5.85. The Kier molecular flexibility index (Phi) is 14.9. The summed E-state index contributed by atoms with van der Waals surface area (Å²) in [5.74, 6) is 1.93. The molecule has 174 valence electrons. The molecule has 0 spiro atoms. The number of aryl methyl sites for hydroxylation is 1. The van der Waals surface area contributed by atoms with Crippen LogP contribution in [0.3, 0.4) is 0 Å². The highest BCUT2D eigenvalue weighted by molar-refractivity contribution is 8.76. The van der Waals surface area contributed by atoms with Gasteiger partial charge in [0.2, 0.25) is 0 Å². The Morgan fingerprint density at radius 3 is 1.81 bits per heavy atom. The molecule has 0 atom stereocenters. The van der Waals surface area contributed by atoms with Crippen LogP contribution in [0.5, 0.6) is 0 Å². The Morgan fingerprint density at radius 1 is 0.710 bits per heavy atom. The smallest absolute Gasteiger partial charge is 0.197 e. The summed E-state index contributed by atoms with van der Waals surface area (Å²) in [6.07, 6.45) is 19.5. The summed E-state index contributed by atoms with van der Waals surface area (Å²) in [4.78, 5) is 4.80. The topological polar surface area (TPSA) is 30.7 Å². The minimum atomic E-state index is 0.852. The molecule has 31 heavy (non-hydrogen) atoms. The number of rotatable bonds is 19. The SMILES string of the molecule is CCCCCCCCCCCCCCCCn1nc(-c2ccccc2)nc1SSCC. The second-order valence-electron chi connectivity index (χ2n) is 8.39. The van der Waals surface area contributed by atoms with Gasteiger partial charge in [-0.3, -0.25) is 0 Å². The summed E-state index contributed by atoms with van der Waals surface area (Å²) in [7, 11) is 3.60. The molecule has 2 aromatic rings. The van der Waals surface area contributed by atoms with Crippen LogP contribution in [0, 0.1) is 0 Å². The molecule has 0 saturated heterocycles. The highest BCUT2D eigenvalue weighted by Gasteiger charge is 2.12. The van der Waals surface area contributed by atoms with Crippen LogP contribution in [0.1, 0.15) is 104 Å². The van der Waals surface area contributed by atoms with E-state index in [0.717, 1.165) is 28.8 Å². The van der Waals surface area contributed by atoms with E-state index in [1.807, 2.05) is 16.9 Å². The summed E-state index contributed by atoms with van der Waals surface area (Å²) in [5.41, 5.74) is 1.10. The molecule has 0 aliphatic carbocycles. The maximum Gasteiger partial charge on any atom is 0.197 e. The van der Waals surface area contributed by atoms with Gasteiger partial charge in [0.25, 0.3) is 0 Å². The average molecular weight is 462 g/mol. The van der Waals surface area contributed by atoms with Crippen molar-refractivity contribution in [2.24, 2.45) is 0 Å². The zero-order valence-corrected chi connectivity index (χ0v) is 21.5. The zero-order valence-electron chi connectivity index (χ0n) is 19.9. The van der Waals surface area contributed by atoms with Gasteiger partial charge in [0.15, 0.2) is 11.0 Å². The zero-order chi connectivity index (χ0) is 22.0. The van der Waals surface area contributed by atoms with Crippen molar-refractivity contribution in [1.29, 1.82) is 0 Å². The standard InChI is InChI=1S/C26H43N3S2/c1-3-5-6-7-8-9-10-11-12-13-14-15-16-20-23-29-26(31-30-4-2)27-25(28-29)24-21-18-17-19-22-24/h17-19,21-22H,3-16,20,23H2,1-2H3. The molecular weight excluding hydrogens is 418 g/mol. The van der Waals surface area contributed by atoms with Crippen LogP contribution >= 0.6 is 21.6 Å². The van der Waals surface area contributed by atoms with Crippen LogP contribution in [-0.4, -0.2) is 20.5 Å². The van der Waals surface area contributed by atoms with E-state index in [2.05, 4.69) is 42.8 Å². The van der Waals surface area contributed by atoms with E-state index >= 15 is 0 Å². The van der Waals surface area contributed by atoms with Crippen LogP contribution < -0.4 is 0 Å². The Morgan fingerprint density at radius 2 is 1.26 bits per heavy atom. The second-order valence-corrected chi connectivity index (χ2v) is 10.9. The monoisotopic (exact) mass is 461 g/mol. The first-order chi connectivity index (χ1) is 15.3. The molecule has 0 amide bonds. The quantitative estimate of drug-likeness (QED) is 0.154. The van der Waals surface area contributed by atoms with Crippen LogP contribution in [0.4, 0.5) is 0 Å². The molecule has 0 aliphatic rings. The van der Waals surface area contributed by atoms with Gasteiger partial charge in [0, 0.05) is 17.9 Å². The Balaban J connectivity index is 1.57. The van der Waals surface area contributed by atoms with Gasteiger partial charge >= 0.3 is 0 Å². The number of aromatic nitrogens is 3. The average Bonchev–Trinajstić information content (AvgIpc) is 3.21. The van der Waals surface area contributed by atoms with E-state index in [9.17, 15) is 0 Å². The van der Waals surface area contributed by atoms with Gasteiger partial charge in [0.1, 0.15) is 0 Å². The molecule has 0 N–H and O–H groups in total. The van der Waals surface area contributed by atoms with Crippen molar-refractivity contribution in [3.8, 4) is 11.4 Å². The molecule has 2 rings (SSSR count). The predicted molar refractivity (Wildman–Crippen MR) is 140 cm³/mol. The minimum absolute atomic E-state index is 0.852. The summed E-state index contributed by atoms with van der Waals surface area (Å²) >= 11 is 0. The van der Waals surface area contributed by atoms with E-state index < -0.39 is 0 Å². The van der Waals surface area contributed by atoms with E-state index in [-0.39, 0.29) is 0 Å². The van der Waals surface area contributed by atoms with E-state index in [0.29, 0.717) is 0 Å².